The molecule has 2 aromatic carbocycles. The Balaban J connectivity index is 1.72. The number of hydrogen-bond donors (Lipinski definition) is 2. The van der Waals surface area contributed by atoms with Crippen molar-refractivity contribution in [3.05, 3.63) is 53.1 Å². The molecule has 28 heavy (non-hydrogen) atoms. The predicted octanol–water partition coefficient (Wildman–Crippen LogP) is 4.07. The van der Waals surface area contributed by atoms with E-state index < -0.39 is 0 Å². The van der Waals surface area contributed by atoms with Crippen molar-refractivity contribution in [3.8, 4) is 17.7 Å². The summed E-state index contributed by atoms with van der Waals surface area (Å²) in [4.78, 5) is 9.36. The zero-order valence-electron chi connectivity index (χ0n) is 16.1. The summed E-state index contributed by atoms with van der Waals surface area (Å²) in [6, 6.07) is 14.1. The van der Waals surface area contributed by atoms with Crippen molar-refractivity contribution in [2.24, 2.45) is 0 Å². The number of aryl methyl sites for hydroxylation is 2. The Morgan fingerprint density at radius 1 is 1.11 bits per heavy atom. The van der Waals surface area contributed by atoms with Gasteiger partial charge in [0.2, 0.25) is 11.8 Å². The molecule has 0 atom stereocenters. The Kier molecular flexibility index (Phi) is 5.09. The van der Waals surface area contributed by atoms with Crippen LogP contribution in [0.1, 0.15) is 29.5 Å². The van der Waals surface area contributed by atoms with Crippen molar-refractivity contribution >= 4 is 16.9 Å². The highest BCUT2D eigenvalue weighted by molar-refractivity contribution is 5.84. The molecule has 0 saturated carbocycles. The molecule has 0 spiro atoms. The molecule has 2 N–H and O–H groups in total. The van der Waals surface area contributed by atoms with E-state index in [1.54, 1.807) is 0 Å². The van der Waals surface area contributed by atoms with Crippen LogP contribution in [-0.2, 0) is 0 Å². The van der Waals surface area contributed by atoms with Gasteiger partial charge in [-0.25, -0.2) is 4.98 Å². The SMILES string of the molecule is Cc1cc(C#N)cc(C)c1Oc1nc(NC2CCNCC2)nc2ccccc12. The number of anilines is 1. The molecule has 3 aromatic rings. The molecular weight excluding hydrogens is 350 g/mol. The van der Waals surface area contributed by atoms with Crippen LogP contribution in [0.25, 0.3) is 10.9 Å². The lowest BCUT2D eigenvalue weighted by atomic mass is 10.1. The number of benzene rings is 2. The summed E-state index contributed by atoms with van der Waals surface area (Å²) in [6.07, 6.45) is 2.08. The van der Waals surface area contributed by atoms with Crippen molar-refractivity contribution in [2.75, 3.05) is 18.4 Å². The molecule has 1 aromatic heterocycles. The second-order valence-corrected chi connectivity index (χ2v) is 7.19. The van der Waals surface area contributed by atoms with Crippen LogP contribution in [0, 0.1) is 25.2 Å². The monoisotopic (exact) mass is 373 g/mol. The van der Waals surface area contributed by atoms with Gasteiger partial charge in [0.1, 0.15) is 5.75 Å². The summed E-state index contributed by atoms with van der Waals surface area (Å²) in [7, 11) is 0. The van der Waals surface area contributed by atoms with E-state index in [4.69, 9.17) is 4.74 Å². The van der Waals surface area contributed by atoms with Gasteiger partial charge >= 0.3 is 0 Å². The van der Waals surface area contributed by atoms with Gasteiger partial charge in [-0.05, 0) is 75.2 Å². The van der Waals surface area contributed by atoms with Gasteiger partial charge in [0.15, 0.2) is 0 Å². The first-order valence-electron chi connectivity index (χ1n) is 9.57. The molecule has 1 fully saturated rings. The maximum absolute atomic E-state index is 9.18. The van der Waals surface area contributed by atoms with Crippen LogP contribution >= 0.6 is 0 Å². The quantitative estimate of drug-likeness (QED) is 0.717. The maximum Gasteiger partial charge on any atom is 0.232 e. The van der Waals surface area contributed by atoms with E-state index in [2.05, 4.69) is 26.7 Å². The first kappa shape index (κ1) is 18.2. The van der Waals surface area contributed by atoms with E-state index in [9.17, 15) is 5.26 Å². The standard InChI is InChI=1S/C22H23N5O/c1-14-11-16(13-23)12-15(2)20(14)28-21-18-5-3-4-6-19(18)26-22(27-21)25-17-7-9-24-10-8-17/h3-6,11-12,17,24H,7-10H2,1-2H3,(H,25,26,27). The number of ether oxygens (including phenoxy) is 1. The van der Waals surface area contributed by atoms with Crippen molar-refractivity contribution in [2.45, 2.75) is 32.7 Å². The van der Waals surface area contributed by atoms with Crippen LogP contribution in [0.4, 0.5) is 5.95 Å². The largest absolute Gasteiger partial charge is 0.438 e. The fourth-order valence-corrected chi connectivity index (χ4v) is 3.61. The summed E-state index contributed by atoms with van der Waals surface area (Å²) in [6.45, 7) is 5.89. The molecule has 0 bridgehead atoms. The number of para-hydroxylation sites is 1. The zero-order chi connectivity index (χ0) is 19.5. The van der Waals surface area contributed by atoms with Crippen molar-refractivity contribution in [1.29, 1.82) is 5.26 Å². The van der Waals surface area contributed by atoms with Crippen LogP contribution in [-0.4, -0.2) is 29.1 Å². The van der Waals surface area contributed by atoms with Gasteiger partial charge in [0, 0.05) is 6.04 Å². The van der Waals surface area contributed by atoms with Crippen LogP contribution in [0.15, 0.2) is 36.4 Å². The number of nitriles is 1. The summed E-state index contributed by atoms with van der Waals surface area (Å²) in [5.74, 6) is 1.85. The molecule has 142 valence electrons. The lowest BCUT2D eigenvalue weighted by molar-refractivity contribution is 0.458. The summed E-state index contributed by atoms with van der Waals surface area (Å²) >= 11 is 0. The zero-order valence-corrected chi connectivity index (χ0v) is 16.1. The predicted molar refractivity (Wildman–Crippen MR) is 110 cm³/mol. The van der Waals surface area contributed by atoms with E-state index in [1.165, 1.54) is 0 Å². The highest BCUT2D eigenvalue weighted by Crippen LogP contribution is 2.33. The smallest absolute Gasteiger partial charge is 0.232 e. The van der Waals surface area contributed by atoms with Crippen molar-refractivity contribution in [1.82, 2.24) is 15.3 Å². The number of fused-ring (bicyclic) bond motifs is 1. The normalized spacial score (nSPS) is 14.6. The van der Waals surface area contributed by atoms with E-state index in [1.807, 2.05) is 50.2 Å². The third kappa shape index (κ3) is 3.75. The third-order valence-corrected chi connectivity index (χ3v) is 5.03. The Morgan fingerprint density at radius 3 is 2.54 bits per heavy atom. The number of rotatable bonds is 4. The van der Waals surface area contributed by atoms with Gasteiger partial charge in [-0.1, -0.05) is 12.1 Å². The first-order valence-corrected chi connectivity index (χ1v) is 9.57. The van der Waals surface area contributed by atoms with Crippen LogP contribution in [0.5, 0.6) is 11.6 Å². The Bertz CT molecular complexity index is 1030. The lowest BCUT2D eigenvalue weighted by Crippen LogP contribution is -2.35. The van der Waals surface area contributed by atoms with Gasteiger partial charge in [0.05, 0.1) is 22.5 Å². The first-order chi connectivity index (χ1) is 13.6. The van der Waals surface area contributed by atoms with Crippen molar-refractivity contribution < 1.29 is 4.74 Å². The molecule has 2 heterocycles. The molecule has 0 aliphatic carbocycles. The topological polar surface area (TPSA) is 82.9 Å². The Labute approximate surface area is 164 Å². The molecule has 1 aliphatic heterocycles. The highest BCUT2D eigenvalue weighted by atomic mass is 16.5. The minimum Gasteiger partial charge on any atom is -0.438 e. The van der Waals surface area contributed by atoms with Gasteiger partial charge in [-0.2, -0.15) is 10.2 Å². The fourth-order valence-electron chi connectivity index (χ4n) is 3.61. The molecule has 0 radical (unpaired) electrons. The van der Waals surface area contributed by atoms with Gasteiger partial charge in [-0.15, -0.1) is 0 Å². The second kappa shape index (κ2) is 7.83. The number of hydrogen-bond acceptors (Lipinski definition) is 6. The van der Waals surface area contributed by atoms with Crippen molar-refractivity contribution in [3.63, 3.8) is 0 Å². The number of nitrogens with zero attached hydrogens (tertiary/aromatic N) is 3. The van der Waals surface area contributed by atoms with E-state index in [0.717, 1.165) is 53.7 Å². The number of aromatic nitrogens is 2. The summed E-state index contributed by atoms with van der Waals surface area (Å²) in [5, 5.41) is 16.9. The minimum absolute atomic E-state index is 0.355. The van der Waals surface area contributed by atoms with Crippen LogP contribution < -0.4 is 15.4 Å². The molecule has 1 aliphatic rings. The lowest BCUT2D eigenvalue weighted by Gasteiger charge is -2.24. The minimum atomic E-state index is 0.355. The highest BCUT2D eigenvalue weighted by Gasteiger charge is 2.17. The maximum atomic E-state index is 9.18. The average molecular weight is 373 g/mol. The Hall–Kier alpha value is -3.17. The van der Waals surface area contributed by atoms with Gasteiger partial charge in [-0.3, -0.25) is 0 Å². The average Bonchev–Trinajstić information content (AvgIpc) is 2.71. The molecule has 6 nitrogen and oxygen atoms in total. The molecule has 4 rings (SSSR count). The Morgan fingerprint density at radius 2 is 1.82 bits per heavy atom. The van der Waals surface area contributed by atoms with Gasteiger partial charge in [0.25, 0.3) is 0 Å². The van der Waals surface area contributed by atoms with E-state index >= 15 is 0 Å². The summed E-state index contributed by atoms with van der Waals surface area (Å²) < 4.78 is 6.27. The van der Waals surface area contributed by atoms with Crippen LogP contribution in [0.3, 0.4) is 0 Å². The molecule has 0 unspecified atom stereocenters. The molecule has 6 heteroatoms. The number of nitrogens with one attached hydrogen (secondary N) is 2. The fraction of sp³-hybridized carbons (Fsp3) is 0.318. The van der Waals surface area contributed by atoms with Gasteiger partial charge < -0.3 is 15.4 Å². The second-order valence-electron chi connectivity index (χ2n) is 7.19. The van der Waals surface area contributed by atoms with Crippen LogP contribution in [0.2, 0.25) is 0 Å². The third-order valence-electron chi connectivity index (χ3n) is 5.03. The van der Waals surface area contributed by atoms with E-state index in [-0.39, 0.29) is 0 Å². The summed E-state index contributed by atoms with van der Waals surface area (Å²) in [5.41, 5.74) is 3.29. The molecule has 1 saturated heterocycles. The number of piperidine rings is 1. The van der Waals surface area contributed by atoms with E-state index in [0.29, 0.717) is 23.4 Å². The molecule has 0 amide bonds. The molecular formula is C22H23N5O.